The Morgan fingerprint density at radius 3 is 2.47 bits per heavy atom. The fourth-order valence-corrected chi connectivity index (χ4v) is 5.65. The van der Waals surface area contributed by atoms with Crippen LogP contribution in [0.2, 0.25) is 0 Å². The van der Waals surface area contributed by atoms with Gasteiger partial charge in [-0.3, -0.25) is 4.79 Å². The summed E-state index contributed by atoms with van der Waals surface area (Å²) in [5, 5.41) is 0. The third kappa shape index (κ3) is 5.24. The summed E-state index contributed by atoms with van der Waals surface area (Å²) in [6.45, 7) is 0.637. The van der Waals surface area contributed by atoms with E-state index in [4.69, 9.17) is 0 Å². The molecule has 0 N–H and O–H groups in total. The van der Waals surface area contributed by atoms with Crippen LogP contribution in [0, 0.1) is 11.7 Å². The Morgan fingerprint density at radius 1 is 1.13 bits per heavy atom. The van der Waals surface area contributed by atoms with Gasteiger partial charge in [0, 0.05) is 24.7 Å². The van der Waals surface area contributed by atoms with Crippen molar-refractivity contribution < 1.29 is 17.6 Å². The molecule has 0 spiro atoms. The SMILES string of the molecule is CSc1cc(F)ccc1-c1ccc(C(=O)N(C)CC2CCCCC2)c(S(C)(=O)=O)c1. The maximum atomic E-state index is 13.6. The minimum atomic E-state index is -3.63. The van der Waals surface area contributed by atoms with Gasteiger partial charge < -0.3 is 4.90 Å². The third-order valence-electron chi connectivity index (χ3n) is 5.69. The average Bonchev–Trinajstić information content (AvgIpc) is 2.72. The van der Waals surface area contributed by atoms with Crippen LogP contribution in [-0.2, 0) is 9.84 Å². The van der Waals surface area contributed by atoms with Gasteiger partial charge in [-0.25, -0.2) is 12.8 Å². The van der Waals surface area contributed by atoms with E-state index in [0.717, 1.165) is 24.7 Å². The summed E-state index contributed by atoms with van der Waals surface area (Å²) >= 11 is 1.39. The van der Waals surface area contributed by atoms with E-state index in [0.29, 0.717) is 22.9 Å². The Bertz CT molecular complexity index is 1030. The second kappa shape index (κ2) is 9.52. The molecule has 1 aliphatic rings. The molecule has 0 bridgehead atoms. The van der Waals surface area contributed by atoms with Crippen molar-refractivity contribution in [3.8, 4) is 11.1 Å². The normalized spacial score (nSPS) is 15.2. The first-order valence-corrected chi connectivity index (χ1v) is 13.3. The predicted octanol–water partition coefficient (Wildman–Crippen LogP) is 5.27. The van der Waals surface area contributed by atoms with E-state index < -0.39 is 9.84 Å². The van der Waals surface area contributed by atoms with Crippen molar-refractivity contribution in [2.24, 2.45) is 5.92 Å². The first-order valence-electron chi connectivity index (χ1n) is 10.1. The van der Waals surface area contributed by atoms with Gasteiger partial charge in [0.1, 0.15) is 5.82 Å². The second-order valence-corrected chi connectivity index (χ2v) is 10.8. The Labute approximate surface area is 182 Å². The van der Waals surface area contributed by atoms with Crippen LogP contribution in [-0.4, -0.2) is 45.3 Å². The van der Waals surface area contributed by atoms with Gasteiger partial charge in [-0.15, -0.1) is 11.8 Å². The van der Waals surface area contributed by atoms with Crippen LogP contribution in [0.3, 0.4) is 0 Å². The summed E-state index contributed by atoms with van der Waals surface area (Å²) in [5.74, 6) is -0.156. The summed E-state index contributed by atoms with van der Waals surface area (Å²) in [5.41, 5.74) is 1.57. The minimum absolute atomic E-state index is 0.0110. The zero-order valence-electron chi connectivity index (χ0n) is 17.7. The average molecular weight is 450 g/mol. The highest BCUT2D eigenvalue weighted by Crippen LogP contribution is 2.33. The molecule has 4 nitrogen and oxygen atoms in total. The Morgan fingerprint density at radius 2 is 1.83 bits per heavy atom. The largest absolute Gasteiger partial charge is 0.341 e. The molecule has 3 rings (SSSR count). The van der Waals surface area contributed by atoms with Crippen molar-refractivity contribution in [1.29, 1.82) is 0 Å². The number of hydrogen-bond donors (Lipinski definition) is 0. The molecule has 2 aromatic rings. The lowest BCUT2D eigenvalue weighted by molar-refractivity contribution is 0.0757. The van der Waals surface area contributed by atoms with E-state index in [-0.39, 0.29) is 22.2 Å². The number of sulfone groups is 1. The summed E-state index contributed by atoms with van der Waals surface area (Å²) in [6, 6.07) is 9.27. The van der Waals surface area contributed by atoms with Gasteiger partial charge in [0.2, 0.25) is 0 Å². The Kier molecular flexibility index (Phi) is 7.24. The van der Waals surface area contributed by atoms with Gasteiger partial charge in [-0.05, 0) is 60.4 Å². The van der Waals surface area contributed by atoms with Crippen molar-refractivity contribution in [2.45, 2.75) is 41.9 Å². The number of nitrogens with zero attached hydrogens (tertiary/aromatic N) is 1. The molecule has 1 amide bonds. The van der Waals surface area contributed by atoms with E-state index in [2.05, 4.69) is 0 Å². The summed E-state index contributed by atoms with van der Waals surface area (Å²) in [4.78, 5) is 15.5. The van der Waals surface area contributed by atoms with E-state index in [9.17, 15) is 17.6 Å². The fourth-order valence-electron chi connectivity index (χ4n) is 4.12. The highest BCUT2D eigenvalue weighted by molar-refractivity contribution is 7.98. The monoisotopic (exact) mass is 449 g/mol. The van der Waals surface area contributed by atoms with E-state index in [1.807, 2.05) is 6.26 Å². The molecule has 0 atom stereocenters. The van der Waals surface area contributed by atoms with Gasteiger partial charge in [-0.1, -0.05) is 31.4 Å². The minimum Gasteiger partial charge on any atom is -0.341 e. The summed E-state index contributed by atoms with van der Waals surface area (Å²) in [6.07, 6.45) is 8.79. The molecule has 2 aromatic carbocycles. The molecule has 0 heterocycles. The number of halogens is 1. The maximum absolute atomic E-state index is 13.6. The van der Waals surface area contributed by atoms with Crippen LogP contribution >= 0.6 is 11.8 Å². The summed E-state index contributed by atoms with van der Waals surface area (Å²) in [7, 11) is -1.89. The van der Waals surface area contributed by atoms with Crippen LogP contribution < -0.4 is 0 Å². The van der Waals surface area contributed by atoms with E-state index in [1.165, 1.54) is 49.2 Å². The molecule has 0 radical (unpaired) electrons. The van der Waals surface area contributed by atoms with Crippen molar-refractivity contribution in [1.82, 2.24) is 4.90 Å². The molecule has 1 saturated carbocycles. The topological polar surface area (TPSA) is 54.5 Å². The van der Waals surface area contributed by atoms with Gasteiger partial charge in [0.25, 0.3) is 5.91 Å². The quantitative estimate of drug-likeness (QED) is 0.564. The predicted molar refractivity (Wildman–Crippen MR) is 120 cm³/mol. The Balaban J connectivity index is 1.97. The van der Waals surface area contributed by atoms with Crippen molar-refractivity contribution in [3.63, 3.8) is 0 Å². The Hall–Kier alpha value is -1.86. The number of carbonyl (C=O) groups is 1. The lowest BCUT2D eigenvalue weighted by Gasteiger charge is -2.27. The number of rotatable bonds is 6. The molecule has 1 fully saturated rings. The first kappa shape index (κ1) is 22.8. The molecular formula is C23H28FNO3S2. The second-order valence-electron chi connectivity index (χ2n) is 8.02. The van der Waals surface area contributed by atoms with Crippen LogP contribution in [0.4, 0.5) is 4.39 Å². The number of thioether (sulfide) groups is 1. The van der Waals surface area contributed by atoms with Crippen LogP contribution in [0.15, 0.2) is 46.2 Å². The maximum Gasteiger partial charge on any atom is 0.254 e. The smallest absolute Gasteiger partial charge is 0.254 e. The molecule has 1 aliphatic carbocycles. The molecule has 0 unspecified atom stereocenters. The van der Waals surface area contributed by atoms with Gasteiger partial charge in [0.05, 0.1) is 10.5 Å². The fraction of sp³-hybridized carbons (Fsp3) is 0.435. The van der Waals surface area contributed by atoms with Crippen LogP contribution in [0.5, 0.6) is 0 Å². The van der Waals surface area contributed by atoms with E-state index in [1.54, 1.807) is 30.1 Å². The van der Waals surface area contributed by atoms with Gasteiger partial charge in [-0.2, -0.15) is 0 Å². The lowest BCUT2D eigenvalue weighted by Crippen LogP contribution is -2.33. The molecular weight excluding hydrogens is 421 g/mol. The van der Waals surface area contributed by atoms with Crippen LogP contribution in [0.25, 0.3) is 11.1 Å². The number of benzene rings is 2. The van der Waals surface area contributed by atoms with Gasteiger partial charge >= 0.3 is 0 Å². The molecule has 162 valence electrons. The van der Waals surface area contributed by atoms with Gasteiger partial charge in [0.15, 0.2) is 9.84 Å². The summed E-state index contributed by atoms with van der Waals surface area (Å²) < 4.78 is 38.7. The molecule has 0 aliphatic heterocycles. The number of carbonyl (C=O) groups excluding carboxylic acids is 1. The molecule has 0 saturated heterocycles. The van der Waals surface area contributed by atoms with Crippen molar-refractivity contribution in [3.05, 3.63) is 47.8 Å². The molecule has 0 aromatic heterocycles. The standard InChI is InChI=1S/C23H28FNO3S2/c1-25(15-16-7-5-4-6-8-16)23(26)20-11-9-17(13-22(20)30(3,27)28)19-12-10-18(24)14-21(19)29-2/h9-14,16H,4-8,15H2,1-3H3. The van der Waals surface area contributed by atoms with Crippen molar-refractivity contribution in [2.75, 3.05) is 26.1 Å². The highest BCUT2D eigenvalue weighted by atomic mass is 32.2. The highest BCUT2D eigenvalue weighted by Gasteiger charge is 2.25. The van der Waals surface area contributed by atoms with Crippen molar-refractivity contribution >= 4 is 27.5 Å². The zero-order chi connectivity index (χ0) is 21.9. The number of amides is 1. The van der Waals surface area contributed by atoms with Crippen LogP contribution in [0.1, 0.15) is 42.5 Å². The number of hydrogen-bond acceptors (Lipinski definition) is 4. The zero-order valence-corrected chi connectivity index (χ0v) is 19.3. The first-order chi connectivity index (χ1) is 14.2. The molecule has 30 heavy (non-hydrogen) atoms. The van der Waals surface area contributed by atoms with E-state index >= 15 is 0 Å². The third-order valence-corrected chi connectivity index (χ3v) is 7.60. The lowest BCUT2D eigenvalue weighted by atomic mass is 9.89. The molecule has 7 heteroatoms.